The number of rotatable bonds is 3. The molecule has 74 valence electrons. The molecule has 1 rings (SSSR count). The Kier molecular flexibility index (Phi) is 3.57. The van der Waals surface area contributed by atoms with Crippen LogP contribution < -0.4 is 5.73 Å². The first-order chi connectivity index (χ1) is 6.70. The summed E-state index contributed by atoms with van der Waals surface area (Å²) in [4.78, 5) is 0. The third kappa shape index (κ3) is 2.08. The summed E-state index contributed by atoms with van der Waals surface area (Å²) >= 11 is 0. The summed E-state index contributed by atoms with van der Waals surface area (Å²) in [6, 6.07) is 5.72. The zero-order valence-electron chi connectivity index (χ0n) is 7.83. The average molecular weight is 194 g/mol. The van der Waals surface area contributed by atoms with Crippen molar-refractivity contribution in [2.24, 2.45) is 5.73 Å². The molecule has 14 heavy (non-hydrogen) atoms. The summed E-state index contributed by atoms with van der Waals surface area (Å²) < 4.78 is 18.0. The van der Waals surface area contributed by atoms with Crippen LogP contribution in [0.5, 0.6) is 0 Å². The summed E-state index contributed by atoms with van der Waals surface area (Å²) in [5, 5.41) is 8.73. The lowest BCUT2D eigenvalue weighted by Crippen LogP contribution is -2.17. The van der Waals surface area contributed by atoms with Crippen molar-refractivity contribution in [3.63, 3.8) is 0 Å². The zero-order valence-corrected chi connectivity index (χ0v) is 7.83. The summed E-state index contributed by atoms with van der Waals surface area (Å²) in [5.41, 5.74) is 6.19. The largest absolute Gasteiger partial charge is 0.383 e. The smallest absolute Gasteiger partial charge is 0.141 e. The Morgan fingerprint density at radius 1 is 1.64 bits per heavy atom. The monoisotopic (exact) mass is 194 g/mol. The highest BCUT2D eigenvalue weighted by molar-refractivity contribution is 5.40. The van der Waals surface area contributed by atoms with Gasteiger partial charge in [0.05, 0.1) is 18.2 Å². The van der Waals surface area contributed by atoms with E-state index in [-0.39, 0.29) is 12.2 Å². The molecule has 1 aromatic rings. The number of nitrogens with zero attached hydrogens (tertiary/aromatic N) is 1. The van der Waals surface area contributed by atoms with Gasteiger partial charge >= 0.3 is 0 Å². The van der Waals surface area contributed by atoms with Gasteiger partial charge in [-0.25, -0.2) is 4.39 Å². The molecular weight excluding hydrogens is 183 g/mol. The predicted molar refractivity (Wildman–Crippen MR) is 49.9 cm³/mol. The second-order valence-electron chi connectivity index (χ2n) is 2.88. The van der Waals surface area contributed by atoms with Gasteiger partial charge in [0.25, 0.3) is 0 Å². The molecule has 0 spiro atoms. The maximum Gasteiger partial charge on any atom is 0.141 e. The summed E-state index contributed by atoms with van der Waals surface area (Å²) in [5.74, 6) is -0.545. The number of methoxy groups -OCH3 is 1. The molecule has 0 bridgehead atoms. The van der Waals surface area contributed by atoms with E-state index in [9.17, 15) is 4.39 Å². The number of halogens is 1. The van der Waals surface area contributed by atoms with Gasteiger partial charge in [-0.2, -0.15) is 5.26 Å². The fourth-order valence-electron chi connectivity index (χ4n) is 1.24. The van der Waals surface area contributed by atoms with Crippen LogP contribution in [-0.2, 0) is 4.74 Å². The van der Waals surface area contributed by atoms with Gasteiger partial charge in [-0.1, -0.05) is 12.1 Å². The molecular formula is C10H11FN2O. The minimum Gasteiger partial charge on any atom is -0.383 e. The Bertz CT molecular complexity index is 360. The van der Waals surface area contributed by atoms with Crippen LogP contribution in [0.4, 0.5) is 4.39 Å². The van der Waals surface area contributed by atoms with Gasteiger partial charge in [-0.05, 0) is 11.6 Å². The van der Waals surface area contributed by atoms with Crippen molar-refractivity contribution >= 4 is 0 Å². The van der Waals surface area contributed by atoms with Crippen molar-refractivity contribution in [1.29, 1.82) is 5.26 Å². The minimum atomic E-state index is -0.545. The van der Waals surface area contributed by atoms with Crippen molar-refractivity contribution in [2.45, 2.75) is 6.04 Å². The number of hydrogen-bond acceptors (Lipinski definition) is 3. The van der Waals surface area contributed by atoms with Crippen LogP contribution in [0.25, 0.3) is 0 Å². The second-order valence-corrected chi connectivity index (χ2v) is 2.88. The second kappa shape index (κ2) is 4.70. The van der Waals surface area contributed by atoms with E-state index in [2.05, 4.69) is 0 Å². The molecule has 1 atom stereocenters. The minimum absolute atomic E-state index is 0.00273. The van der Waals surface area contributed by atoms with Crippen molar-refractivity contribution in [2.75, 3.05) is 13.7 Å². The van der Waals surface area contributed by atoms with Gasteiger partial charge in [0.2, 0.25) is 0 Å². The van der Waals surface area contributed by atoms with Crippen LogP contribution in [0.3, 0.4) is 0 Å². The van der Waals surface area contributed by atoms with Crippen molar-refractivity contribution < 1.29 is 9.13 Å². The lowest BCUT2D eigenvalue weighted by atomic mass is 10.0. The highest BCUT2D eigenvalue weighted by Crippen LogP contribution is 2.18. The zero-order chi connectivity index (χ0) is 10.6. The number of hydrogen-bond donors (Lipinski definition) is 1. The predicted octanol–water partition coefficient (Wildman–Crippen LogP) is 1.34. The van der Waals surface area contributed by atoms with E-state index in [4.69, 9.17) is 15.7 Å². The Morgan fingerprint density at radius 2 is 2.36 bits per heavy atom. The van der Waals surface area contributed by atoms with E-state index in [0.717, 1.165) is 0 Å². The maximum atomic E-state index is 13.1. The van der Waals surface area contributed by atoms with Gasteiger partial charge in [0.15, 0.2) is 0 Å². The fourth-order valence-corrected chi connectivity index (χ4v) is 1.24. The molecule has 0 saturated carbocycles. The molecule has 0 heterocycles. The van der Waals surface area contributed by atoms with Gasteiger partial charge in [0, 0.05) is 7.11 Å². The molecule has 0 aromatic heterocycles. The van der Waals surface area contributed by atoms with E-state index in [1.807, 2.05) is 0 Å². The van der Waals surface area contributed by atoms with Crippen LogP contribution in [0.1, 0.15) is 17.2 Å². The molecule has 0 radical (unpaired) electrons. The van der Waals surface area contributed by atoms with Crippen LogP contribution in [-0.4, -0.2) is 13.7 Å². The highest BCUT2D eigenvalue weighted by Gasteiger charge is 2.13. The topological polar surface area (TPSA) is 59.0 Å². The molecule has 2 N–H and O–H groups in total. The van der Waals surface area contributed by atoms with Crippen LogP contribution >= 0.6 is 0 Å². The molecule has 0 saturated heterocycles. The van der Waals surface area contributed by atoms with Gasteiger partial charge in [-0.3, -0.25) is 0 Å². The average Bonchev–Trinajstić information content (AvgIpc) is 2.17. The third-order valence-corrected chi connectivity index (χ3v) is 1.90. The maximum absolute atomic E-state index is 13.1. The normalized spacial score (nSPS) is 12.1. The number of nitrogens with two attached hydrogens (primary N) is 1. The van der Waals surface area contributed by atoms with E-state index < -0.39 is 11.9 Å². The quantitative estimate of drug-likeness (QED) is 0.789. The first kappa shape index (κ1) is 10.6. The van der Waals surface area contributed by atoms with E-state index >= 15 is 0 Å². The lowest BCUT2D eigenvalue weighted by Gasteiger charge is -2.12. The molecule has 4 heteroatoms. The molecule has 3 nitrogen and oxygen atoms in total. The summed E-state index contributed by atoms with van der Waals surface area (Å²) in [7, 11) is 1.51. The molecule has 0 amide bonds. The van der Waals surface area contributed by atoms with Crippen LogP contribution in [0.2, 0.25) is 0 Å². The molecule has 0 unspecified atom stereocenters. The van der Waals surface area contributed by atoms with Gasteiger partial charge < -0.3 is 10.5 Å². The first-order valence-electron chi connectivity index (χ1n) is 4.13. The third-order valence-electron chi connectivity index (χ3n) is 1.90. The van der Waals surface area contributed by atoms with E-state index in [1.54, 1.807) is 12.1 Å². The molecule has 0 aliphatic carbocycles. The Balaban J connectivity index is 3.08. The highest BCUT2D eigenvalue weighted by atomic mass is 19.1. The Morgan fingerprint density at radius 3 is 2.93 bits per heavy atom. The van der Waals surface area contributed by atoms with E-state index in [1.165, 1.54) is 19.2 Å². The standard InChI is InChI=1S/C10H11FN2O/c1-14-6-10(13)7-3-2-4-9(11)8(7)5-12/h2-4,10H,6,13H2,1H3/t10-/m1/s1. The SMILES string of the molecule is COC[C@@H](N)c1cccc(F)c1C#N. The fraction of sp³-hybridized carbons (Fsp3) is 0.300. The lowest BCUT2D eigenvalue weighted by molar-refractivity contribution is 0.180. The van der Waals surface area contributed by atoms with Gasteiger partial charge in [0.1, 0.15) is 11.9 Å². The molecule has 0 aliphatic heterocycles. The first-order valence-corrected chi connectivity index (χ1v) is 4.13. The van der Waals surface area contributed by atoms with Crippen molar-refractivity contribution in [3.8, 4) is 6.07 Å². The number of ether oxygens (including phenoxy) is 1. The van der Waals surface area contributed by atoms with E-state index in [0.29, 0.717) is 5.56 Å². The van der Waals surface area contributed by atoms with Crippen molar-refractivity contribution in [1.82, 2.24) is 0 Å². The molecule has 1 aromatic carbocycles. The van der Waals surface area contributed by atoms with Crippen LogP contribution in [0, 0.1) is 17.1 Å². The van der Waals surface area contributed by atoms with Gasteiger partial charge in [-0.15, -0.1) is 0 Å². The summed E-state index contributed by atoms with van der Waals surface area (Å²) in [6.07, 6.45) is 0. The Hall–Kier alpha value is -1.44. The van der Waals surface area contributed by atoms with Crippen LogP contribution in [0.15, 0.2) is 18.2 Å². The molecule has 0 fully saturated rings. The number of nitriles is 1. The summed E-state index contributed by atoms with van der Waals surface area (Å²) in [6.45, 7) is 0.262. The van der Waals surface area contributed by atoms with Crippen molar-refractivity contribution in [3.05, 3.63) is 35.1 Å². The number of benzene rings is 1. The Labute approximate surface area is 81.9 Å². The molecule has 0 aliphatic rings.